The van der Waals surface area contributed by atoms with Crippen LogP contribution in [0.3, 0.4) is 0 Å². The number of benzene rings is 1. The molecule has 1 aliphatic carbocycles. The lowest BCUT2D eigenvalue weighted by atomic mass is 9.74. The Bertz CT molecular complexity index is 1050. The highest BCUT2D eigenvalue weighted by Gasteiger charge is 2.47. The zero-order valence-electron chi connectivity index (χ0n) is 16.4. The molecule has 2 aromatic heterocycles. The second kappa shape index (κ2) is 8.91. The number of rotatable bonds is 6. The van der Waals surface area contributed by atoms with Gasteiger partial charge in [-0.1, -0.05) is 47.6 Å². The number of aromatic nitrogens is 3. The van der Waals surface area contributed by atoms with Gasteiger partial charge in [0.15, 0.2) is 11.6 Å². The van der Waals surface area contributed by atoms with Crippen LogP contribution < -0.4 is 0 Å². The van der Waals surface area contributed by atoms with Crippen LogP contribution in [0.15, 0.2) is 46.9 Å². The first-order valence-electron chi connectivity index (χ1n) is 9.66. The predicted molar refractivity (Wildman–Crippen MR) is 120 cm³/mol. The molecule has 1 aliphatic rings. The number of H-pyrrole nitrogens is 1. The van der Waals surface area contributed by atoms with Crippen LogP contribution in [0.5, 0.6) is 0 Å². The standard InChI is InChI=1S/C21H21ClN4O2S2/c1-26(18(28)13-30-20-23-19(24-25-20)16-9-6-12-29-16)21(11-5-4-10-17(21)27)14-7-2-3-8-15(14)22/h2-3,6-9,12H,4-5,10-11,13H2,1H3,(H,23,24,25)/t21-/m1/s1. The number of carbonyl (C=O) groups excluding carboxylic acids is 2. The third-order valence-electron chi connectivity index (χ3n) is 5.46. The Hall–Kier alpha value is -2.16. The highest BCUT2D eigenvalue weighted by Crippen LogP contribution is 2.42. The Morgan fingerprint density at radius 2 is 2.13 bits per heavy atom. The topological polar surface area (TPSA) is 79.0 Å². The number of thiophene rings is 1. The summed E-state index contributed by atoms with van der Waals surface area (Å²) in [5, 5.41) is 10.1. The number of hydrogen-bond donors (Lipinski definition) is 1. The summed E-state index contributed by atoms with van der Waals surface area (Å²) >= 11 is 9.29. The van der Waals surface area contributed by atoms with Gasteiger partial charge in [-0.3, -0.25) is 14.7 Å². The Labute approximate surface area is 188 Å². The van der Waals surface area contributed by atoms with Crippen LogP contribution in [0, 0.1) is 0 Å². The number of likely N-dealkylation sites (N-methyl/N-ethyl adjacent to an activating group) is 1. The maximum atomic E-state index is 13.1. The van der Waals surface area contributed by atoms with Crippen molar-refractivity contribution in [2.45, 2.75) is 36.4 Å². The first-order valence-corrected chi connectivity index (χ1v) is 11.9. The van der Waals surface area contributed by atoms with E-state index in [9.17, 15) is 9.59 Å². The number of Topliss-reactive ketones (excluding diaryl/α,β-unsaturated/α-hetero) is 1. The fourth-order valence-electron chi connectivity index (χ4n) is 3.90. The van der Waals surface area contributed by atoms with Crippen molar-refractivity contribution in [2.24, 2.45) is 0 Å². The lowest BCUT2D eigenvalue weighted by molar-refractivity contribution is -0.146. The molecule has 0 radical (unpaired) electrons. The van der Waals surface area contributed by atoms with Crippen molar-refractivity contribution in [1.82, 2.24) is 20.1 Å². The molecule has 9 heteroatoms. The Kier molecular flexibility index (Phi) is 6.26. The minimum atomic E-state index is -1.02. The van der Waals surface area contributed by atoms with Crippen molar-refractivity contribution < 1.29 is 9.59 Å². The van der Waals surface area contributed by atoms with E-state index in [0.717, 1.165) is 17.7 Å². The van der Waals surface area contributed by atoms with Crippen LogP contribution in [0.25, 0.3) is 10.7 Å². The van der Waals surface area contributed by atoms with Crippen LogP contribution in [0.4, 0.5) is 0 Å². The zero-order chi connectivity index (χ0) is 21.1. The average molecular weight is 461 g/mol. The minimum Gasteiger partial charge on any atom is -0.328 e. The van der Waals surface area contributed by atoms with E-state index in [1.807, 2.05) is 35.7 Å². The second-order valence-corrected chi connectivity index (χ2v) is 9.45. The van der Waals surface area contributed by atoms with Gasteiger partial charge >= 0.3 is 0 Å². The van der Waals surface area contributed by atoms with Crippen molar-refractivity contribution in [2.75, 3.05) is 12.8 Å². The molecule has 0 aliphatic heterocycles. The summed E-state index contributed by atoms with van der Waals surface area (Å²) in [5.74, 6) is 0.707. The zero-order valence-corrected chi connectivity index (χ0v) is 18.8. The summed E-state index contributed by atoms with van der Waals surface area (Å²) < 4.78 is 0. The molecule has 30 heavy (non-hydrogen) atoms. The lowest BCUT2D eigenvalue weighted by Crippen LogP contribution is -2.54. The Morgan fingerprint density at radius 3 is 2.87 bits per heavy atom. The van der Waals surface area contributed by atoms with Crippen molar-refractivity contribution in [3.05, 3.63) is 52.4 Å². The van der Waals surface area contributed by atoms with E-state index in [2.05, 4.69) is 15.2 Å². The van der Waals surface area contributed by atoms with Crippen molar-refractivity contribution in [3.63, 3.8) is 0 Å². The molecular formula is C21H21ClN4O2S2. The fourth-order valence-corrected chi connectivity index (χ4v) is 5.57. The van der Waals surface area contributed by atoms with E-state index in [0.29, 0.717) is 34.4 Å². The van der Waals surface area contributed by atoms with Gasteiger partial charge < -0.3 is 4.90 Å². The van der Waals surface area contributed by atoms with Gasteiger partial charge in [0.1, 0.15) is 5.54 Å². The van der Waals surface area contributed by atoms with Gasteiger partial charge in [0.2, 0.25) is 11.1 Å². The van der Waals surface area contributed by atoms with E-state index in [1.165, 1.54) is 11.8 Å². The quantitative estimate of drug-likeness (QED) is 0.536. The number of aromatic amines is 1. The molecule has 0 unspecified atom stereocenters. The summed E-state index contributed by atoms with van der Waals surface area (Å²) in [6, 6.07) is 11.2. The largest absolute Gasteiger partial charge is 0.328 e. The highest BCUT2D eigenvalue weighted by molar-refractivity contribution is 7.99. The molecule has 1 saturated carbocycles. The van der Waals surface area contributed by atoms with Crippen LogP contribution in [0.1, 0.15) is 31.2 Å². The van der Waals surface area contributed by atoms with Crippen LogP contribution in [0.2, 0.25) is 5.02 Å². The number of carbonyl (C=O) groups is 2. The van der Waals surface area contributed by atoms with E-state index in [-0.39, 0.29) is 17.4 Å². The molecule has 156 valence electrons. The fraction of sp³-hybridized carbons (Fsp3) is 0.333. The molecule has 2 heterocycles. The van der Waals surface area contributed by atoms with Gasteiger partial charge in [-0.05, 0) is 36.8 Å². The van der Waals surface area contributed by atoms with Crippen molar-refractivity contribution in [3.8, 4) is 10.7 Å². The van der Waals surface area contributed by atoms with Gasteiger partial charge in [-0.15, -0.1) is 16.4 Å². The van der Waals surface area contributed by atoms with E-state index < -0.39 is 5.54 Å². The first kappa shape index (κ1) is 21.1. The summed E-state index contributed by atoms with van der Waals surface area (Å²) in [6.07, 6.45) is 2.73. The molecule has 1 aromatic carbocycles. The van der Waals surface area contributed by atoms with E-state index in [1.54, 1.807) is 29.4 Å². The molecule has 1 fully saturated rings. The van der Waals surface area contributed by atoms with Crippen LogP contribution >= 0.6 is 34.7 Å². The summed E-state index contributed by atoms with van der Waals surface area (Å²) in [6.45, 7) is 0. The van der Waals surface area contributed by atoms with Gasteiger partial charge in [0.25, 0.3) is 0 Å². The average Bonchev–Trinajstić information content (AvgIpc) is 3.44. The molecule has 0 bridgehead atoms. The predicted octanol–water partition coefficient (Wildman–Crippen LogP) is 4.78. The van der Waals surface area contributed by atoms with E-state index in [4.69, 9.17) is 11.6 Å². The molecule has 6 nitrogen and oxygen atoms in total. The molecule has 3 aromatic rings. The summed E-state index contributed by atoms with van der Waals surface area (Å²) in [7, 11) is 1.70. The van der Waals surface area contributed by atoms with Gasteiger partial charge in [-0.25, -0.2) is 4.98 Å². The smallest absolute Gasteiger partial charge is 0.233 e. The molecule has 0 saturated heterocycles. The number of amides is 1. The number of thioether (sulfide) groups is 1. The Morgan fingerprint density at radius 1 is 1.30 bits per heavy atom. The van der Waals surface area contributed by atoms with Crippen molar-refractivity contribution in [1.29, 1.82) is 0 Å². The molecule has 1 atom stereocenters. The van der Waals surface area contributed by atoms with E-state index >= 15 is 0 Å². The number of nitrogens with one attached hydrogen (secondary N) is 1. The number of hydrogen-bond acceptors (Lipinski definition) is 6. The van der Waals surface area contributed by atoms with Gasteiger partial charge in [0, 0.05) is 24.1 Å². The molecular weight excluding hydrogens is 440 g/mol. The third kappa shape index (κ3) is 3.91. The lowest BCUT2D eigenvalue weighted by Gasteiger charge is -2.44. The molecule has 1 N–H and O–H groups in total. The van der Waals surface area contributed by atoms with Crippen LogP contribution in [-0.2, 0) is 15.1 Å². The van der Waals surface area contributed by atoms with Crippen LogP contribution in [-0.4, -0.2) is 44.6 Å². The number of ketones is 1. The SMILES string of the molecule is CN(C(=O)CSc1n[nH]c(-c2cccs2)n1)[C@@]1(c2ccccc2Cl)CCCCC1=O. The maximum absolute atomic E-state index is 13.1. The van der Waals surface area contributed by atoms with Crippen molar-refractivity contribution >= 4 is 46.4 Å². The number of halogens is 1. The molecule has 1 amide bonds. The first-order chi connectivity index (χ1) is 14.5. The van der Waals surface area contributed by atoms with Gasteiger partial charge in [-0.2, -0.15) is 0 Å². The third-order valence-corrected chi connectivity index (χ3v) is 7.50. The minimum absolute atomic E-state index is 0.0422. The normalized spacial score (nSPS) is 19.1. The number of nitrogens with zero attached hydrogens (tertiary/aromatic N) is 3. The summed E-state index contributed by atoms with van der Waals surface area (Å²) in [5.41, 5.74) is -0.315. The maximum Gasteiger partial charge on any atom is 0.233 e. The second-order valence-electron chi connectivity index (χ2n) is 7.16. The summed E-state index contributed by atoms with van der Waals surface area (Å²) in [4.78, 5) is 33.3. The molecule has 0 spiro atoms. The molecule has 4 rings (SSSR count). The monoisotopic (exact) mass is 460 g/mol. The highest BCUT2D eigenvalue weighted by atomic mass is 35.5. The Balaban J connectivity index is 1.53. The van der Waals surface area contributed by atoms with Gasteiger partial charge in [0.05, 0.1) is 10.6 Å².